The van der Waals surface area contributed by atoms with E-state index in [2.05, 4.69) is 41.7 Å². The highest BCUT2D eigenvalue weighted by atomic mass is 16.5. The van der Waals surface area contributed by atoms with E-state index < -0.39 is 0 Å². The molecule has 1 aromatic carbocycles. The lowest BCUT2D eigenvalue weighted by molar-refractivity contribution is 0.240. The minimum Gasteiger partial charge on any atom is -0.481 e. The fraction of sp³-hybridized carbons (Fsp3) is 0.500. The smallest absolute Gasteiger partial charge is 0.148 e. The minimum atomic E-state index is 0.305. The molecule has 2 aliphatic heterocycles. The number of benzene rings is 1. The van der Waals surface area contributed by atoms with Gasteiger partial charge in [0.2, 0.25) is 0 Å². The Labute approximate surface area is 174 Å². The molecule has 0 aliphatic carbocycles. The van der Waals surface area contributed by atoms with E-state index in [9.17, 15) is 0 Å². The van der Waals surface area contributed by atoms with Crippen LogP contribution in [0.3, 0.4) is 0 Å². The Hall–Kier alpha value is -2.58. The lowest BCUT2D eigenvalue weighted by Gasteiger charge is -2.31. The molecule has 152 valence electrons. The summed E-state index contributed by atoms with van der Waals surface area (Å²) in [4.78, 5) is 14.9. The molecule has 0 spiro atoms. The summed E-state index contributed by atoms with van der Waals surface area (Å²) in [5.41, 5.74) is 3.86. The van der Waals surface area contributed by atoms with E-state index in [1.54, 1.807) is 0 Å². The molecule has 0 bridgehead atoms. The van der Waals surface area contributed by atoms with Crippen LogP contribution in [0.25, 0.3) is 0 Å². The first-order valence-corrected chi connectivity index (χ1v) is 10.7. The van der Waals surface area contributed by atoms with E-state index in [0.717, 1.165) is 50.7 Å². The molecule has 0 amide bonds. The van der Waals surface area contributed by atoms with Crippen LogP contribution in [0.2, 0.25) is 0 Å². The average Bonchev–Trinajstić information content (AvgIpc) is 3.27. The van der Waals surface area contributed by atoms with Crippen molar-refractivity contribution < 1.29 is 4.74 Å². The van der Waals surface area contributed by atoms with Crippen molar-refractivity contribution in [3.8, 4) is 18.1 Å². The highest BCUT2D eigenvalue weighted by molar-refractivity contribution is 5.51. The van der Waals surface area contributed by atoms with Gasteiger partial charge in [0.05, 0.1) is 5.69 Å². The number of hydrogen-bond donors (Lipinski definition) is 0. The van der Waals surface area contributed by atoms with Crippen LogP contribution in [0.5, 0.6) is 5.75 Å². The summed E-state index contributed by atoms with van der Waals surface area (Å²) in [6, 6.07) is 8.23. The Balaban J connectivity index is 1.51. The molecule has 1 fully saturated rings. The zero-order valence-corrected chi connectivity index (χ0v) is 17.5. The number of nitrogens with zero attached hydrogens (tertiary/aromatic N) is 4. The van der Waals surface area contributed by atoms with Gasteiger partial charge in [0.15, 0.2) is 0 Å². The van der Waals surface area contributed by atoms with Gasteiger partial charge in [-0.2, -0.15) is 0 Å². The Kier molecular flexibility index (Phi) is 6.01. The van der Waals surface area contributed by atoms with E-state index in [4.69, 9.17) is 21.1 Å². The number of hydrogen-bond acceptors (Lipinski definition) is 5. The molecule has 1 saturated heterocycles. The summed E-state index contributed by atoms with van der Waals surface area (Å²) >= 11 is 0. The Morgan fingerprint density at radius 3 is 2.55 bits per heavy atom. The molecular weight excluding hydrogens is 360 g/mol. The highest BCUT2D eigenvalue weighted by Crippen LogP contribution is 2.30. The highest BCUT2D eigenvalue weighted by Gasteiger charge is 2.26. The monoisotopic (exact) mass is 390 g/mol. The number of ether oxygens (including phenoxy) is 1. The van der Waals surface area contributed by atoms with Crippen LogP contribution in [0.15, 0.2) is 24.3 Å². The van der Waals surface area contributed by atoms with E-state index in [-0.39, 0.29) is 0 Å². The molecular formula is C24H30N4O. The number of rotatable bonds is 6. The van der Waals surface area contributed by atoms with Gasteiger partial charge in [0, 0.05) is 44.2 Å². The van der Waals surface area contributed by atoms with Crippen LogP contribution in [0.4, 0.5) is 5.82 Å². The molecule has 5 heteroatoms. The number of aromatic nitrogens is 2. The summed E-state index contributed by atoms with van der Waals surface area (Å²) in [7, 11) is 0. The largest absolute Gasteiger partial charge is 0.481 e. The molecule has 1 aromatic heterocycles. The summed E-state index contributed by atoms with van der Waals surface area (Å²) in [6.45, 7) is 9.74. The zero-order valence-electron chi connectivity index (χ0n) is 17.5. The van der Waals surface area contributed by atoms with Crippen LogP contribution in [0, 0.1) is 12.3 Å². The second-order valence-corrected chi connectivity index (χ2v) is 8.28. The third kappa shape index (κ3) is 4.54. The van der Waals surface area contributed by atoms with Gasteiger partial charge >= 0.3 is 0 Å². The van der Waals surface area contributed by atoms with Crippen molar-refractivity contribution in [2.24, 2.45) is 0 Å². The van der Waals surface area contributed by atoms with Crippen molar-refractivity contribution in [2.45, 2.75) is 52.1 Å². The SMILES string of the molecule is C#CCOc1ccc(CN2CCc3c(nc(C(C)C)nc3N3CCCC3)C2)cc1. The van der Waals surface area contributed by atoms with Gasteiger partial charge in [0.1, 0.15) is 24.0 Å². The molecule has 3 heterocycles. The maximum absolute atomic E-state index is 5.47. The summed E-state index contributed by atoms with van der Waals surface area (Å²) in [5, 5.41) is 0. The summed E-state index contributed by atoms with van der Waals surface area (Å²) in [5.74, 6) is 5.83. The fourth-order valence-corrected chi connectivity index (χ4v) is 4.14. The Morgan fingerprint density at radius 2 is 1.86 bits per heavy atom. The van der Waals surface area contributed by atoms with Crippen molar-refractivity contribution >= 4 is 5.82 Å². The third-order valence-electron chi connectivity index (χ3n) is 5.71. The molecule has 0 N–H and O–H groups in total. The van der Waals surface area contributed by atoms with E-state index >= 15 is 0 Å². The Morgan fingerprint density at radius 1 is 1.10 bits per heavy atom. The van der Waals surface area contributed by atoms with E-state index in [1.165, 1.54) is 35.5 Å². The molecule has 0 unspecified atom stereocenters. The fourth-order valence-electron chi connectivity index (χ4n) is 4.14. The molecule has 0 saturated carbocycles. The van der Waals surface area contributed by atoms with Gasteiger partial charge in [-0.25, -0.2) is 9.97 Å². The van der Waals surface area contributed by atoms with Crippen molar-refractivity contribution in [3.05, 3.63) is 46.9 Å². The summed E-state index contributed by atoms with van der Waals surface area (Å²) < 4.78 is 5.47. The molecule has 2 aliphatic rings. The average molecular weight is 391 g/mol. The third-order valence-corrected chi connectivity index (χ3v) is 5.71. The maximum atomic E-state index is 5.47. The lowest BCUT2D eigenvalue weighted by Crippen LogP contribution is -2.33. The number of anilines is 1. The van der Waals surface area contributed by atoms with Crippen LogP contribution >= 0.6 is 0 Å². The standard InChI is InChI=1S/C24H30N4O/c1-4-15-29-20-9-7-19(8-10-20)16-27-14-11-21-22(17-27)25-23(18(2)3)26-24(21)28-12-5-6-13-28/h1,7-10,18H,5-6,11-17H2,2-3H3. The molecule has 0 radical (unpaired) electrons. The van der Waals surface area contributed by atoms with Gasteiger partial charge in [-0.15, -0.1) is 6.42 Å². The van der Waals surface area contributed by atoms with Crippen molar-refractivity contribution in [3.63, 3.8) is 0 Å². The summed E-state index contributed by atoms with van der Waals surface area (Å²) in [6.07, 6.45) is 8.80. The van der Waals surface area contributed by atoms with Crippen LogP contribution in [-0.4, -0.2) is 41.1 Å². The van der Waals surface area contributed by atoms with Gasteiger partial charge in [0.25, 0.3) is 0 Å². The van der Waals surface area contributed by atoms with Crippen LogP contribution in [-0.2, 0) is 19.5 Å². The molecule has 4 rings (SSSR count). The number of terminal acetylenes is 1. The van der Waals surface area contributed by atoms with Crippen LogP contribution in [0.1, 0.15) is 55.3 Å². The predicted molar refractivity (Wildman–Crippen MR) is 116 cm³/mol. The minimum absolute atomic E-state index is 0.305. The van der Waals surface area contributed by atoms with Crippen LogP contribution < -0.4 is 9.64 Å². The van der Waals surface area contributed by atoms with Gasteiger partial charge in [-0.1, -0.05) is 31.9 Å². The van der Waals surface area contributed by atoms with Gasteiger partial charge in [-0.3, -0.25) is 4.90 Å². The maximum Gasteiger partial charge on any atom is 0.148 e. The first-order chi connectivity index (χ1) is 14.1. The second-order valence-electron chi connectivity index (χ2n) is 8.28. The lowest BCUT2D eigenvalue weighted by atomic mass is 10.0. The van der Waals surface area contributed by atoms with Crippen molar-refractivity contribution in [1.29, 1.82) is 0 Å². The van der Waals surface area contributed by atoms with E-state index in [0.29, 0.717) is 12.5 Å². The number of fused-ring (bicyclic) bond motifs is 1. The second kappa shape index (κ2) is 8.84. The van der Waals surface area contributed by atoms with Gasteiger partial charge < -0.3 is 9.64 Å². The topological polar surface area (TPSA) is 41.5 Å². The zero-order chi connectivity index (χ0) is 20.2. The van der Waals surface area contributed by atoms with Gasteiger partial charge in [-0.05, 0) is 37.0 Å². The molecule has 2 aromatic rings. The van der Waals surface area contributed by atoms with E-state index in [1.807, 2.05) is 12.1 Å². The predicted octanol–water partition coefficient (Wildman–Crippen LogP) is 3.77. The van der Waals surface area contributed by atoms with Crippen molar-refractivity contribution in [1.82, 2.24) is 14.9 Å². The first-order valence-electron chi connectivity index (χ1n) is 10.7. The normalized spacial score (nSPS) is 16.7. The van der Waals surface area contributed by atoms with Crippen molar-refractivity contribution in [2.75, 3.05) is 31.1 Å². The molecule has 29 heavy (non-hydrogen) atoms. The Bertz CT molecular complexity index is 879. The first kappa shape index (κ1) is 19.7. The molecule has 0 atom stereocenters. The molecule has 5 nitrogen and oxygen atoms in total. The quantitative estimate of drug-likeness (QED) is 0.703.